The van der Waals surface area contributed by atoms with Gasteiger partial charge in [-0.15, -0.1) is 0 Å². The molecule has 0 rings (SSSR count). The Morgan fingerprint density at radius 3 is 2.28 bits per heavy atom. The van der Waals surface area contributed by atoms with Gasteiger partial charge in [-0.25, -0.2) is 9.36 Å². The molecule has 8 heteroatoms. The summed E-state index contributed by atoms with van der Waals surface area (Å²) in [5, 5.41) is 8.46. The number of carbonyl (C=O) groups excluding carboxylic acids is 1. The van der Waals surface area contributed by atoms with E-state index in [9.17, 15) is 9.36 Å². The predicted molar refractivity (Wildman–Crippen MR) is 63.8 cm³/mol. The van der Waals surface area contributed by atoms with Crippen LogP contribution in [-0.2, 0) is 23.1 Å². The Bertz CT molecular complexity index is 315. The summed E-state index contributed by atoms with van der Waals surface area (Å²) >= 11 is 0. The molecule has 0 aliphatic heterocycles. The fraction of sp³-hybridized carbons (Fsp3) is 0.700. The van der Waals surface area contributed by atoms with Gasteiger partial charge in [0.25, 0.3) is 0 Å². The minimum absolute atomic E-state index is 0.0606. The van der Waals surface area contributed by atoms with Crippen LogP contribution in [0.1, 0.15) is 19.8 Å². The highest BCUT2D eigenvalue weighted by Crippen LogP contribution is 2.43. The topological polar surface area (TPSA) is 102 Å². The van der Waals surface area contributed by atoms with Crippen LogP contribution in [0, 0.1) is 0 Å². The maximum Gasteiger partial charge on any atom is 0.472 e. The Balaban J connectivity index is 3.61. The predicted octanol–water partition coefficient (Wildman–Crippen LogP) is 1.01. The summed E-state index contributed by atoms with van der Waals surface area (Å²) in [6.45, 7) is 4.74. The van der Waals surface area contributed by atoms with E-state index in [1.807, 2.05) is 0 Å². The maximum absolute atomic E-state index is 11.2. The highest BCUT2D eigenvalue weighted by molar-refractivity contribution is 7.47. The third-order valence-corrected chi connectivity index (χ3v) is 2.70. The fourth-order valence-electron chi connectivity index (χ4n) is 0.809. The lowest BCUT2D eigenvalue weighted by atomic mass is 10.4. The largest absolute Gasteiger partial charge is 0.472 e. The summed E-state index contributed by atoms with van der Waals surface area (Å²) in [5.41, 5.74) is 0.288. The summed E-state index contributed by atoms with van der Waals surface area (Å²) in [4.78, 5) is 20.1. The second-order valence-electron chi connectivity index (χ2n) is 3.48. The van der Waals surface area contributed by atoms with Crippen LogP contribution < -0.4 is 0 Å². The molecule has 0 aliphatic carbocycles. The summed E-state index contributed by atoms with van der Waals surface area (Å²) < 4.78 is 25.1. The molecule has 7 nitrogen and oxygen atoms in total. The van der Waals surface area contributed by atoms with E-state index in [-0.39, 0.29) is 44.8 Å². The van der Waals surface area contributed by atoms with Crippen LogP contribution in [0.5, 0.6) is 0 Å². The van der Waals surface area contributed by atoms with Crippen molar-refractivity contribution in [1.29, 1.82) is 0 Å². The van der Waals surface area contributed by atoms with E-state index in [0.717, 1.165) is 0 Å². The Morgan fingerprint density at radius 1 is 1.22 bits per heavy atom. The summed E-state index contributed by atoms with van der Waals surface area (Å²) in [6.07, 6.45) is 0.525. The maximum atomic E-state index is 11.2. The molecule has 0 aromatic heterocycles. The number of carbonyl (C=O) groups is 1. The van der Waals surface area contributed by atoms with E-state index < -0.39 is 13.8 Å². The minimum Gasteiger partial charge on any atom is -0.462 e. The standard InChI is InChI=1S/C10H19O7P/c1-9(2)10(12)15-6-4-8-17-18(13,14)16-7-3-5-11/h11H,1,3-8H2,2H3,(H,13,14). The van der Waals surface area contributed by atoms with Crippen molar-refractivity contribution >= 4 is 13.8 Å². The number of hydrogen-bond acceptors (Lipinski definition) is 6. The van der Waals surface area contributed by atoms with E-state index in [1.165, 1.54) is 6.92 Å². The number of rotatable bonds is 10. The molecule has 1 atom stereocenters. The monoisotopic (exact) mass is 282 g/mol. The lowest BCUT2D eigenvalue weighted by molar-refractivity contribution is -0.139. The van der Waals surface area contributed by atoms with Crippen LogP contribution in [0.2, 0.25) is 0 Å². The van der Waals surface area contributed by atoms with Crippen LogP contribution in [0.4, 0.5) is 0 Å². The van der Waals surface area contributed by atoms with Crippen LogP contribution in [0.25, 0.3) is 0 Å². The smallest absolute Gasteiger partial charge is 0.462 e. The van der Waals surface area contributed by atoms with Gasteiger partial charge in [0, 0.05) is 18.6 Å². The van der Waals surface area contributed by atoms with E-state index in [0.29, 0.717) is 0 Å². The van der Waals surface area contributed by atoms with Gasteiger partial charge in [0.05, 0.1) is 19.8 Å². The van der Waals surface area contributed by atoms with Crippen molar-refractivity contribution in [3.05, 3.63) is 12.2 Å². The third kappa shape index (κ3) is 9.32. The van der Waals surface area contributed by atoms with Crippen molar-refractivity contribution < 1.29 is 33.1 Å². The number of ether oxygens (including phenoxy) is 1. The molecular formula is C10H19O7P. The van der Waals surface area contributed by atoms with Gasteiger partial charge < -0.3 is 14.7 Å². The van der Waals surface area contributed by atoms with Crippen LogP contribution >= 0.6 is 7.82 Å². The first-order valence-electron chi connectivity index (χ1n) is 5.44. The second kappa shape index (κ2) is 9.24. The van der Waals surface area contributed by atoms with Crippen LogP contribution in [0.15, 0.2) is 12.2 Å². The van der Waals surface area contributed by atoms with Gasteiger partial charge in [-0.05, 0) is 13.3 Å². The molecule has 0 radical (unpaired) electrons. The molecule has 0 heterocycles. The first kappa shape index (κ1) is 17.3. The van der Waals surface area contributed by atoms with Gasteiger partial charge in [-0.3, -0.25) is 9.05 Å². The van der Waals surface area contributed by atoms with E-state index in [2.05, 4.69) is 15.6 Å². The van der Waals surface area contributed by atoms with Crippen molar-refractivity contribution in [1.82, 2.24) is 0 Å². The molecule has 0 amide bonds. The highest BCUT2D eigenvalue weighted by Gasteiger charge is 2.20. The molecule has 2 N–H and O–H groups in total. The minimum atomic E-state index is -4.07. The van der Waals surface area contributed by atoms with Crippen molar-refractivity contribution in [3.63, 3.8) is 0 Å². The molecule has 0 saturated carbocycles. The number of hydrogen-bond donors (Lipinski definition) is 2. The van der Waals surface area contributed by atoms with Gasteiger partial charge in [-0.2, -0.15) is 0 Å². The molecule has 106 valence electrons. The molecule has 0 spiro atoms. The zero-order valence-electron chi connectivity index (χ0n) is 10.3. The number of aliphatic hydroxyl groups excluding tert-OH is 1. The van der Waals surface area contributed by atoms with Gasteiger partial charge in [0.1, 0.15) is 0 Å². The average molecular weight is 282 g/mol. The normalized spacial score (nSPS) is 13.9. The summed E-state index contributed by atoms with van der Waals surface area (Å²) in [6, 6.07) is 0. The van der Waals surface area contributed by atoms with Gasteiger partial charge in [-0.1, -0.05) is 6.58 Å². The Hall–Kier alpha value is -0.720. The molecule has 0 aromatic carbocycles. The molecule has 0 saturated heterocycles. The van der Waals surface area contributed by atoms with Crippen molar-refractivity contribution in [3.8, 4) is 0 Å². The molecule has 1 unspecified atom stereocenters. The Morgan fingerprint density at radius 2 is 1.78 bits per heavy atom. The Kier molecular flexibility index (Phi) is 8.87. The lowest BCUT2D eigenvalue weighted by Crippen LogP contribution is -2.08. The molecule has 0 fully saturated rings. The van der Waals surface area contributed by atoms with Crippen molar-refractivity contribution in [2.45, 2.75) is 19.8 Å². The van der Waals surface area contributed by atoms with Crippen LogP contribution in [0.3, 0.4) is 0 Å². The van der Waals surface area contributed by atoms with E-state index in [4.69, 9.17) is 14.7 Å². The molecule has 0 bridgehead atoms. The third-order valence-electron chi connectivity index (χ3n) is 1.68. The average Bonchev–Trinajstić information content (AvgIpc) is 2.28. The molecule has 0 aromatic rings. The van der Waals surface area contributed by atoms with Crippen LogP contribution in [-0.4, -0.2) is 42.4 Å². The number of phosphoric ester groups is 1. The molecule has 0 aliphatic rings. The zero-order chi connectivity index (χ0) is 14.0. The zero-order valence-corrected chi connectivity index (χ0v) is 11.2. The Labute approximate surface area is 106 Å². The lowest BCUT2D eigenvalue weighted by Gasteiger charge is -2.11. The summed E-state index contributed by atoms with van der Waals surface area (Å²) in [7, 11) is -4.07. The highest BCUT2D eigenvalue weighted by atomic mass is 31.2. The van der Waals surface area contributed by atoms with Crippen molar-refractivity contribution in [2.75, 3.05) is 26.4 Å². The molecular weight excluding hydrogens is 263 g/mol. The van der Waals surface area contributed by atoms with E-state index >= 15 is 0 Å². The van der Waals surface area contributed by atoms with Crippen molar-refractivity contribution in [2.24, 2.45) is 0 Å². The summed E-state index contributed by atoms with van der Waals surface area (Å²) in [5.74, 6) is -0.513. The number of esters is 1. The molecule has 18 heavy (non-hydrogen) atoms. The SMILES string of the molecule is C=C(C)C(=O)OCCCOP(=O)(O)OCCCO. The van der Waals surface area contributed by atoms with Gasteiger partial charge in [0.15, 0.2) is 0 Å². The first-order chi connectivity index (χ1) is 8.39. The van der Waals surface area contributed by atoms with Gasteiger partial charge >= 0.3 is 13.8 Å². The second-order valence-corrected chi connectivity index (χ2v) is 4.94. The van der Waals surface area contributed by atoms with Gasteiger partial charge in [0.2, 0.25) is 0 Å². The number of phosphoric acid groups is 1. The first-order valence-corrected chi connectivity index (χ1v) is 6.94. The van der Waals surface area contributed by atoms with E-state index in [1.54, 1.807) is 0 Å². The number of aliphatic hydroxyl groups is 1. The fourth-order valence-corrected chi connectivity index (χ4v) is 1.60. The quantitative estimate of drug-likeness (QED) is 0.267.